The van der Waals surface area contributed by atoms with Crippen molar-refractivity contribution in [1.82, 2.24) is 4.90 Å². The molecule has 4 rings (SSSR count). The topological polar surface area (TPSA) is 59.0 Å². The van der Waals surface area contributed by atoms with Crippen molar-refractivity contribution >= 4 is 11.5 Å². The molecular weight excluding hydrogens is 306 g/mol. The van der Waals surface area contributed by atoms with E-state index in [4.69, 9.17) is 9.47 Å². The van der Waals surface area contributed by atoms with Crippen molar-refractivity contribution in [3.8, 4) is 11.5 Å². The summed E-state index contributed by atoms with van der Waals surface area (Å²) in [6.07, 6.45) is 0.754. The second kappa shape index (κ2) is 4.76. The highest BCUT2D eigenvalue weighted by atomic mass is 16.5. The Labute approximate surface area is 141 Å². The van der Waals surface area contributed by atoms with Gasteiger partial charge in [0.05, 0.1) is 18.1 Å². The van der Waals surface area contributed by atoms with Crippen molar-refractivity contribution in [2.45, 2.75) is 43.3 Å². The first-order valence-electron chi connectivity index (χ1n) is 8.37. The van der Waals surface area contributed by atoms with Crippen LogP contribution in [0.15, 0.2) is 18.7 Å². The van der Waals surface area contributed by atoms with E-state index < -0.39 is 17.1 Å². The monoisotopic (exact) mass is 329 g/mol. The van der Waals surface area contributed by atoms with Crippen LogP contribution in [0.1, 0.15) is 37.3 Å². The molecule has 1 aliphatic carbocycles. The molecule has 128 valence electrons. The summed E-state index contributed by atoms with van der Waals surface area (Å²) >= 11 is 0. The Bertz CT molecular complexity index is 754. The molecule has 5 nitrogen and oxygen atoms in total. The SMILES string of the molecule is C=C1c2ccc(OC)c3c2[C@@]2(CCN1C)[C@@H](O3)C(=O)CC[C@]2(C)O. The van der Waals surface area contributed by atoms with Crippen LogP contribution in [0.5, 0.6) is 11.5 Å². The van der Waals surface area contributed by atoms with Crippen LogP contribution < -0.4 is 9.47 Å². The number of methoxy groups -OCH3 is 1. The Hall–Kier alpha value is -2.01. The molecule has 3 aliphatic rings. The maximum atomic E-state index is 12.7. The molecule has 1 N–H and O–H groups in total. The Morgan fingerprint density at radius 1 is 1.42 bits per heavy atom. The first-order valence-corrected chi connectivity index (χ1v) is 8.37. The lowest BCUT2D eigenvalue weighted by Crippen LogP contribution is -2.62. The third-order valence-corrected chi connectivity index (χ3v) is 6.20. The van der Waals surface area contributed by atoms with Crippen LogP contribution >= 0.6 is 0 Å². The van der Waals surface area contributed by atoms with Gasteiger partial charge in [0, 0.05) is 36.8 Å². The molecule has 0 aromatic heterocycles. The summed E-state index contributed by atoms with van der Waals surface area (Å²) < 4.78 is 11.6. The zero-order valence-corrected chi connectivity index (χ0v) is 14.4. The minimum Gasteiger partial charge on any atom is -0.493 e. The Kier molecular flexibility index (Phi) is 3.08. The molecule has 1 aromatic carbocycles. The van der Waals surface area contributed by atoms with E-state index in [0.29, 0.717) is 37.3 Å². The fourth-order valence-electron chi connectivity index (χ4n) is 4.70. The molecule has 3 atom stereocenters. The van der Waals surface area contributed by atoms with Gasteiger partial charge in [-0.3, -0.25) is 4.79 Å². The summed E-state index contributed by atoms with van der Waals surface area (Å²) in [5.74, 6) is 1.25. The molecule has 24 heavy (non-hydrogen) atoms. The molecule has 0 radical (unpaired) electrons. The lowest BCUT2D eigenvalue weighted by molar-refractivity contribution is -0.147. The van der Waals surface area contributed by atoms with Gasteiger partial charge >= 0.3 is 0 Å². The van der Waals surface area contributed by atoms with Gasteiger partial charge in [-0.2, -0.15) is 0 Å². The van der Waals surface area contributed by atoms with Gasteiger partial charge in [0.25, 0.3) is 0 Å². The average Bonchev–Trinajstić information content (AvgIpc) is 2.87. The third kappa shape index (κ3) is 1.66. The molecular formula is C19H23NO4. The minimum absolute atomic E-state index is 0.0564. The summed E-state index contributed by atoms with van der Waals surface area (Å²) in [7, 11) is 3.58. The standard InChI is InChI=1S/C19H23NO4/c1-11-12-5-6-14(23-4)16-15(12)19(9-10-20(11)3)17(24-16)13(21)7-8-18(19,2)22/h5-6,17,22H,1,7-10H2,2-4H3/t17-,18-,19-/m0/s1. The first-order chi connectivity index (χ1) is 11.3. The lowest BCUT2D eigenvalue weighted by Gasteiger charge is -2.48. The highest BCUT2D eigenvalue weighted by Gasteiger charge is 2.65. The first kappa shape index (κ1) is 15.5. The van der Waals surface area contributed by atoms with Crippen LogP contribution in [0.25, 0.3) is 5.70 Å². The van der Waals surface area contributed by atoms with Crippen LogP contribution in [0.4, 0.5) is 0 Å². The van der Waals surface area contributed by atoms with Gasteiger partial charge in [-0.25, -0.2) is 0 Å². The molecule has 1 spiro atoms. The van der Waals surface area contributed by atoms with Crippen LogP contribution in [0.2, 0.25) is 0 Å². The highest BCUT2D eigenvalue weighted by molar-refractivity contribution is 5.90. The number of rotatable bonds is 1. The van der Waals surface area contributed by atoms with E-state index in [2.05, 4.69) is 11.5 Å². The van der Waals surface area contributed by atoms with Crippen LogP contribution in [-0.4, -0.2) is 48.2 Å². The number of aliphatic hydroxyl groups is 1. The fourth-order valence-corrected chi connectivity index (χ4v) is 4.70. The molecule has 0 bridgehead atoms. The molecule has 1 aromatic rings. The van der Waals surface area contributed by atoms with E-state index >= 15 is 0 Å². The van der Waals surface area contributed by atoms with E-state index in [1.54, 1.807) is 7.11 Å². The largest absolute Gasteiger partial charge is 0.493 e. The quantitative estimate of drug-likeness (QED) is 0.855. The maximum Gasteiger partial charge on any atom is 0.174 e. The third-order valence-electron chi connectivity index (χ3n) is 6.20. The smallest absolute Gasteiger partial charge is 0.174 e. The molecule has 0 unspecified atom stereocenters. The number of ketones is 1. The molecule has 5 heteroatoms. The van der Waals surface area contributed by atoms with Gasteiger partial charge in [-0.05, 0) is 31.9 Å². The number of hydrogen-bond acceptors (Lipinski definition) is 5. The number of benzene rings is 1. The Balaban J connectivity index is 2.08. The molecule has 0 amide bonds. The summed E-state index contributed by atoms with van der Waals surface area (Å²) in [6.45, 7) is 6.76. The number of ether oxygens (including phenoxy) is 2. The summed E-state index contributed by atoms with van der Waals surface area (Å²) in [4.78, 5) is 14.8. The summed E-state index contributed by atoms with van der Waals surface area (Å²) in [6, 6.07) is 3.81. The van der Waals surface area contributed by atoms with Crippen molar-refractivity contribution in [1.29, 1.82) is 0 Å². The minimum atomic E-state index is -1.02. The predicted molar refractivity (Wildman–Crippen MR) is 90.2 cm³/mol. The molecule has 1 fully saturated rings. The Morgan fingerprint density at radius 2 is 2.17 bits per heavy atom. The van der Waals surface area contributed by atoms with Gasteiger partial charge in [0.1, 0.15) is 0 Å². The zero-order valence-electron chi connectivity index (χ0n) is 14.4. The van der Waals surface area contributed by atoms with Gasteiger partial charge in [-0.1, -0.05) is 6.58 Å². The van der Waals surface area contributed by atoms with Gasteiger partial charge in [0.2, 0.25) is 0 Å². The van der Waals surface area contributed by atoms with E-state index in [1.807, 2.05) is 26.1 Å². The number of Topliss-reactive ketones (excluding diaryl/α,β-unsaturated/α-hetero) is 1. The number of carbonyl (C=O) groups is 1. The van der Waals surface area contributed by atoms with Gasteiger partial charge < -0.3 is 19.5 Å². The average molecular weight is 329 g/mol. The normalized spacial score (nSPS) is 34.3. The molecule has 2 aliphatic heterocycles. The van der Waals surface area contributed by atoms with E-state index in [9.17, 15) is 9.90 Å². The van der Waals surface area contributed by atoms with Crippen LogP contribution in [-0.2, 0) is 10.2 Å². The summed E-state index contributed by atoms with van der Waals surface area (Å²) in [5.41, 5.74) is 0.921. The fraction of sp³-hybridized carbons (Fsp3) is 0.526. The number of nitrogens with zero attached hydrogens (tertiary/aromatic N) is 1. The molecule has 2 heterocycles. The predicted octanol–water partition coefficient (Wildman–Crippen LogP) is 2.11. The second-order valence-corrected chi connectivity index (χ2v) is 7.35. The van der Waals surface area contributed by atoms with Crippen molar-refractivity contribution in [3.63, 3.8) is 0 Å². The lowest BCUT2D eigenvalue weighted by atomic mass is 9.57. The van der Waals surface area contributed by atoms with E-state index in [1.165, 1.54) is 0 Å². The van der Waals surface area contributed by atoms with Crippen molar-refractivity contribution in [2.24, 2.45) is 0 Å². The van der Waals surface area contributed by atoms with E-state index in [-0.39, 0.29) is 5.78 Å². The van der Waals surface area contributed by atoms with Gasteiger partial charge in [-0.15, -0.1) is 0 Å². The number of hydrogen-bond donors (Lipinski definition) is 1. The van der Waals surface area contributed by atoms with Crippen molar-refractivity contribution < 1.29 is 19.4 Å². The van der Waals surface area contributed by atoms with Gasteiger partial charge in [0.15, 0.2) is 23.4 Å². The zero-order chi connectivity index (χ0) is 17.3. The molecule has 0 saturated heterocycles. The summed E-state index contributed by atoms with van der Waals surface area (Å²) in [5, 5.41) is 11.4. The van der Waals surface area contributed by atoms with Crippen LogP contribution in [0.3, 0.4) is 0 Å². The van der Waals surface area contributed by atoms with Crippen molar-refractivity contribution in [2.75, 3.05) is 20.7 Å². The highest BCUT2D eigenvalue weighted by Crippen LogP contribution is 2.61. The maximum absolute atomic E-state index is 12.7. The molecule has 1 saturated carbocycles. The van der Waals surface area contributed by atoms with Crippen molar-refractivity contribution in [3.05, 3.63) is 29.8 Å². The van der Waals surface area contributed by atoms with E-state index in [0.717, 1.165) is 16.8 Å². The van der Waals surface area contributed by atoms with Crippen LogP contribution in [0, 0.1) is 0 Å². The second-order valence-electron chi connectivity index (χ2n) is 7.35. The number of carbonyl (C=O) groups excluding carboxylic acids is 1. The Morgan fingerprint density at radius 3 is 2.88 bits per heavy atom.